The average Bonchev–Trinajstić information content (AvgIpc) is 3.08. The van der Waals surface area contributed by atoms with Gasteiger partial charge in [0.05, 0.1) is 0 Å². The summed E-state index contributed by atoms with van der Waals surface area (Å²) in [6.45, 7) is 10.3. The number of hydrogen-bond acceptors (Lipinski definition) is 6. The summed E-state index contributed by atoms with van der Waals surface area (Å²) in [6, 6.07) is 6.51. The van der Waals surface area contributed by atoms with Gasteiger partial charge in [-0.25, -0.2) is 0 Å². The lowest BCUT2D eigenvalue weighted by Crippen LogP contribution is -2.63. The molecule has 2 fully saturated rings. The number of carbonyl (C=O) groups is 2. The van der Waals surface area contributed by atoms with Crippen LogP contribution in [0.5, 0.6) is 5.75 Å². The van der Waals surface area contributed by atoms with Gasteiger partial charge in [0.1, 0.15) is 17.5 Å². The predicted octanol–water partition coefficient (Wildman–Crippen LogP) is 4.30. The third-order valence-electron chi connectivity index (χ3n) is 8.20. The Labute approximate surface area is 217 Å². The zero-order valence-electron chi connectivity index (χ0n) is 22.5. The molecule has 3 unspecified atom stereocenters. The van der Waals surface area contributed by atoms with E-state index in [1.54, 1.807) is 12.1 Å². The summed E-state index contributed by atoms with van der Waals surface area (Å²) in [4.78, 5) is 52.7. The summed E-state index contributed by atoms with van der Waals surface area (Å²) in [5, 5.41) is 0. The van der Waals surface area contributed by atoms with Gasteiger partial charge in [-0.2, -0.15) is 0 Å². The van der Waals surface area contributed by atoms with E-state index >= 15 is 0 Å². The smallest absolute Gasteiger partial charge is 0.391 e. The highest BCUT2D eigenvalue weighted by Crippen LogP contribution is 2.44. The molecular formula is C27H44N3O5P. The van der Waals surface area contributed by atoms with Gasteiger partial charge in [0.15, 0.2) is 0 Å². The van der Waals surface area contributed by atoms with Crippen LogP contribution in [0, 0.1) is 5.92 Å². The molecule has 1 aromatic rings. The Balaban J connectivity index is 2.00. The molecule has 0 aromatic heterocycles. The molecule has 1 aromatic carbocycles. The summed E-state index contributed by atoms with van der Waals surface area (Å²) in [5.74, 6) is 0.811. The molecule has 2 aliphatic rings. The number of rotatable bonds is 11. The minimum Gasteiger partial charge on any atom is -0.427 e. The van der Waals surface area contributed by atoms with Crippen molar-refractivity contribution >= 4 is 20.4 Å². The fraction of sp³-hybridized carbons (Fsp3) is 0.704. The first-order valence-electron chi connectivity index (χ1n) is 13.4. The standard InChI is InChI=1S/C27H44N3O5P/c1-6-8-9-10-25(31)30-24(19-22-11-13-23(14-12-22)35-36(33)34)26(32)29(21(4)20(3)7-2)27(30)15-17-28(5)18-16-27/h11-14,20-21,24,33-34H,6-10,15-19H2,1-5H3. The van der Waals surface area contributed by atoms with E-state index in [9.17, 15) is 9.59 Å². The van der Waals surface area contributed by atoms with Gasteiger partial charge >= 0.3 is 8.60 Å². The first-order valence-corrected chi connectivity index (χ1v) is 14.6. The highest BCUT2D eigenvalue weighted by atomic mass is 31.2. The highest BCUT2D eigenvalue weighted by molar-refractivity contribution is 7.39. The largest absolute Gasteiger partial charge is 0.427 e. The summed E-state index contributed by atoms with van der Waals surface area (Å²) in [5.41, 5.74) is 0.320. The normalized spacial score (nSPS) is 21.9. The van der Waals surface area contributed by atoms with Crippen molar-refractivity contribution in [3.63, 3.8) is 0 Å². The zero-order chi connectivity index (χ0) is 26.5. The Bertz CT molecular complexity index is 873. The molecule has 2 amide bonds. The van der Waals surface area contributed by atoms with Gasteiger partial charge in [0, 0.05) is 44.8 Å². The molecule has 3 rings (SSSR count). The molecule has 2 aliphatic heterocycles. The molecule has 8 nitrogen and oxygen atoms in total. The Hall–Kier alpha value is -1.73. The van der Waals surface area contributed by atoms with Crippen LogP contribution in [0.3, 0.4) is 0 Å². The lowest BCUT2D eigenvalue weighted by Gasteiger charge is -2.51. The van der Waals surface area contributed by atoms with Crippen molar-refractivity contribution in [1.29, 1.82) is 0 Å². The Morgan fingerprint density at radius 2 is 1.78 bits per heavy atom. The Morgan fingerprint density at radius 1 is 1.14 bits per heavy atom. The van der Waals surface area contributed by atoms with E-state index in [4.69, 9.17) is 14.3 Å². The third kappa shape index (κ3) is 6.21. The number of unbranched alkanes of at least 4 members (excludes halogenated alkanes) is 2. The summed E-state index contributed by atoms with van der Waals surface area (Å²) < 4.78 is 4.99. The minimum absolute atomic E-state index is 0.0333. The third-order valence-corrected chi connectivity index (χ3v) is 8.57. The van der Waals surface area contributed by atoms with Crippen molar-refractivity contribution in [2.24, 2.45) is 5.92 Å². The number of piperidine rings is 1. The highest BCUT2D eigenvalue weighted by Gasteiger charge is 2.60. The number of carbonyl (C=O) groups excluding carboxylic acids is 2. The summed E-state index contributed by atoms with van der Waals surface area (Å²) in [6.07, 6.45) is 6.25. The topological polar surface area (TPSA) is 93.5 Å². The van der Waals surface area contributed by atoms with E-state index < -0.39 is 20.3 Å². The first kappa shape index (κ1) is 28.8. The van der Waals surface area contributed by atoms with E-state index in [0.717, 1.165) is 57.2 Å². The van der Waals surface area contributed by atoms with E-state index in [-0.39, 0.29) is 17.9 Å². The Morgan fingerprint density at radius 3 is 2.33 bits per heavy atom. The Kier molecular flexibility index (Phi) is 10.2. The van der Waals surface area contributed by atoms with Crippen LogP contribution in [-0.2, 0) is 16.0 Å². The SMILES string of the molecule is CCCCCC(=O)N1C(Cc2ccc(OP(O)O)cc2)C(=O)N(C(C)C(C)CC)C12CCN(C)CC2. The van der Waals surface area contributed by atoms with Gasteiger partial charge in [-0.3, -0.25) is 9.59 Å². The number of benzene rings is 1. The van der Waals surface area contributed by atoms with E-state index in [2.05, 4.69) is 44.5 Å². The summed E-state index contributed by atoms with van der Waals surface area (Å²) in [7, 11) is -0.383. The van der Waals surface area contributed by atoms with E-state index in [1.165, 1.54) is 0 Å². The quantitative estimate of drug-likeness (QED) is 0.333. The molecule has 9 heteroatoms. The van der Waals surface area contributed by atoms with Crippen molar-refractivity contribution in [2.45, 2.75) is 96.8 Å². The van der Waals surface area contributed by atoms with Crippen LogP contribution in [0.25, 0.3) is 0 Å². The molecule has 2 saturated heterocycles. The maximum absolute atomic E-state index is 14.2. The maximum atomic E-state index is 14.2. The average molecular weight is 522 g/mol. The predicted molar refractivity (Wildman–Crippen MR) is 142 cm³/mol. The van der Waals surface area contributed by atoms with Crippen molar-refractivity contribution in [3.8, 4) is 5.75 Å². The van der Waals surface area contributed by atoms with Crippen LogP contribution in [0.15, 0.2) is 24.3 Å². The molecular weight excluding hydrogens is 477 g/mol. The molecule has 0 radical (unpaired) electrons. The lowest BCUT2D eigenvalue weighted by atomic mass is 9.89. The molecule has 202 valence electrons. The van der Waals surface area contributed by atoms with Crippen molar-refractivity contribution < 1.29 is 23.9 Å². The monoisotopic (exact) mass is 521 g/mol. The number of amides is 2. The van der Waals surface area contributed by atoms with Crippen LogP contribution in [0.1, 0.15) is 78.2 Å². The molecule has 3 atom stereocenters. The maximum Gasteiger partial charge on any atom is 0.391 e. The zero-order valence-corrected chi connectivity index (χ0v) is 23.4. The van der Waals surface area contributed by atoms with Gasteiger partial charge in [0.25, 0.3) is 0 Å². The van der Waals surface area contributed by atoms with Crippen molar-refractivity contribution in [3.05, 3.63) is 29.8 Å². The summed E-state index contributed by atoms with van der Waals surface area (Å²) >= 11 is 0. The van der Waals surface area contributed by atoms with E-state index in [1.807, 2.05) is 17.0 Å². The molecule has 2 N–H and O–H groups in total. The fourth-order valence-corrected chi connectivity index (χ4v) is 6.06. The minimum atomic E-state index is -2.49. The fourth-order valence-electron chi connectivity index (χ4n) is 5.75. The van der Waals surface area contributed by atoms with Crippen LogP contribution < -0.4 is 4.52 Å². The molecule has 2 heterocycles. The molecule has 0 bridgehead atoms. The van der Waals surface area contributed by atoms with Crippen LogP contribution in [0.4, 0.5) is 0 Å². The molecule has 1 spiro atoms. The van der Waals surface area contributed by atoms with Gasteiger partial charge in [-0.1, -0.05) is 52.2 Å². The van der Waals surface area contributed by atoms with Crippen LogP contribution in [-0.4, -0.2) is 74.2 Å². The second-order valence-corrected chi connectivity index (χ2v) is 11.2. The lowest BCUT2D eigenvalue weighted by molar-refractivity contribution is -0.150. The second kappa shape index (κ2) is 12.7. The van der Waals surface area contributed by atoms with E-state index in [0.29, 0.717) is 24.5 Å². The molecule has 0 saturated carbocycles. The molecule has 36 heavy (non-hydrogen) atoms. The van der Waals surface area contributed by atoms with Crippen molar-refractivity contribution in [2.75, 3.05) is 20.1 Å². The van der Waals surface area contributed by atoms with Gasteiger partial charge < -0.3 is 29.0 Å². The number of likely N-dealkylation sites (tertiary alicyclic amines) is 1. The van der Waals surface area contributed by atoms with Gasteiger partial charge in [-0.15, -0.1) is 0 Å². The number of nitrogens with zero attached hydrogens (tertiary/aromatic N) is 3. The second-order valence-electron chi connectivity index (χ2n) is 10.5. The van der Waals surface area contributed by atoms with Crippen LogP contribution >= 0.6 is 8.60 Å². The first-order chi connectivity index (χ1) is 17.1. The van der Waals surface area contributed by atoms with Gasteiger partial charge in [-0.05, 0) is 44.0 Å². The van der Waals surface area contributed by atoms with Gasteiger partial charge in [0.2, 0.25) is 11.8 Å². The number of hydrogen-bond donors (Lipinski definition) is 2. The van der Waals surface area contributed by atoms with Crippen LogP contribution in [0.2, 0.25) is 0 Å². The van der Waals surface area contributed by atoms with Crippen molar-refractivity contribution in [1.82, 2.24) is 14.7 Å². The molecule has 0 aliphatic carbocycles.